The van der Waals surface area contributed by atoms with Gasteiger partial charge >= 0.3 is 0 Å². The van der Waals surface area contributed by atoms with Crippen LogP contribution in [0.5, 0.6) is 11.5 Å². The van der Waals surface area contributed by atoms with Crippen molar-refractivity contribution in [3.05, 3.63) is 52.7 Å². The van der Waals surface area contributed by atoms with Crippen molar-refractivity contribution < 1.29 is 9.47 Å². The molecule has 1 aliphatic heterocycles. The molecule has 0 unspecified atom stereocenters. The van der Waals surface area contributed by atoms with Crippen molar-refractivity contribution in [2.45, 2.75) is 6.54 Å². The van der Waals surface area contributed by atoms with Crippen LogP contribution in [0.1, 0.15) is 5.56 Å². The fraction of sp³-hybridized carbons (Fsp3) is 0.391. The molecule has 3 heterocycles. The minimum absolute atomic E-state index is 0.0625. The Hall–Kier alpha value is -2.90. The zero-order valence-corrected chi connectivity index (χ0v) is 18.0. The number of aryl methyl sites for hydroxylation is 1. The third-order valence-corrected chi connectivity index (χ3v) is 5.88. The Balaban J connectivity index is 1.81. The normalized spacial score (nSPS) is 15.5. The summed E-state index contributed by atoms with van der Waals surface area (Å²) in [7, 11) is 7.29. The van der Waals surface area contributed by atoms with Gasteiger partial charge in [-0.1, -0.05) is 0 Å². The Morgan fingerprint density at radius 2 is 1.67 bits per heavy atom. The Morgan fingerprint density at radius 3 is 2.30 bits per heavy atom. The number of pyridine rings is 2. The molecule has 4 rings (SSSR count). The molecule has 1 fully saturated rings. The maximum atomic E-state index is 12.5. The van der Waals surface area contributed by atoms with E-state index in [2.05, 4.69) is 21.8 Å². The van der Waals surface area contributed by atoms with Gasteiger partial charge in [0.1, 0.15) is 11.5 Å². The first-order valence-electron chi connectivity index (χ1n) is 10.1. The summed E-state index contributed by atoms with van der Waals surface area (Å²) in [5.74, 6) is 1.58. The minimum Gasteiger partial charge on any atom is -0.496 e. The van der Waals surface area contributed by atoms with E-state index in [1.54, 1.807) is 38.2 Å². The van der Waals surface area contributed by atoms with Crippen LogP contribution in [0.25, 0.3) is 21.9 Å². The second-order valence-electron chi connectivity index (χ2n) is 7.82. The fourth-order valence-electron chi connectivity index (χ4n) is 4.07. The number of fused-ring (bicyclic) bond motifs is 1. The quantitative estimate of drug-likeness (QED) is 0.646. The highest BCUT2D eigenvalue weighted by atomic mass is 16.5. The monoisotopic (exact) mass is 408 g/mol. The van der Waals surface area contributed by atoms with Gasteiger partial charge in [-0.05, 0) is 36.2 Å². The molecule has 3 aromatic rings. The van der Waals surface area contributed by atoms with Gasteiger partial charge in [0.2, 0.25) is 0 Å². The van der Waals surface area contributed by atoms with E-state index >= 15 is 0 Å². The van der Waals surface area contributed by atoms with E-state index in [4.69, 9.17) is 9.47 Å². The van der Waals surface area contributed by atoms with Gasteiger partial charge in [-0.2, -0.15) is 0 Å². The molecule has 0 saturated carbocycles. The van der Waals surface area contributed by atoms with Gasteiger partial charge in [0.25, 0.3) is 5.56 Å². The average molecular weight is 409 g/mol. The van der Waals surface area contributed by atoms with Crippen molar-refractivity contribution in [3.8, 4) is 22.6 Å². The highest BCUT2D eigenvalue weighted by molar-refractivity contribution is 5.95. The molecule has 7 nitrogen and oxygen atoms in total. The third kappa shape index (κ3) is 3.78. The van der Waals surface area contributed by atoms with Crippen LogP contribution in [-0.2, 0) is 13.6 Å². The van der Waals surface area contributed by atoms with E-state index in [0.717, 1.165) is 66.3 Å². The van der Waals surface area contributed by atoms with Crippen LogP contribution < -0.4 is 15.0 Å². The molecule has 2 aromatic heterocycles. The molecule has 0 aliphatic carbocycles. The predicted molar refractivity (Wildman–Crippen MR) is 118 cm³/mol. The molecule has 158 valence electrons. The lowest BCUT2D eigenvalue weighted by molar-refractivity contribution is 0.146. The number of methoxy groups -OCH3 is 2. The molecular weight excluding hydrogens is 380 g/mol. The van der Waals surface area contributed by atoms with Crippen LogP contribution in [0.2, 0.25) is 0 Å². The van der Waals surface area contributed by atoms with E-state index in [1.165, 1.54) is 0 Å². The van der Waals surface area contributed by atoms with Crippen molar-refractivity contribution in [1.82, 2.24) is 19.4 Å². The Kier molecular flexibility index (Phi) is 5.74. The Morgan fingerprint density at radius 1 is 1.00 bits per heavy atom. The summed E-state index contributed by atoms with van der Waals surface area (Å²) >= 11 is 0. The number of piperazine rings is 1. The third-order valence-electron chi connectivity index (χ3n) is 5.88. The van der Waals surface area contributed by atoms with E-state index in [9.17, 15) is 4.79 Å². The van der Waals surface area contributed by atoms with Gasteiger partial charge < -0.3 is 18.9 Å². The lowest BCUT2D eigenvalue weighted by Crippen LogP contribution is -2.43. The molecular formula is C23H28N4O3. The van der Waals surface area contributed by atoms with Gasteiger partial charge in [-0.15, -0.1) is 0 Å². The van der Waals surface area contributed by atoms with Crippen molar-refractivity contribution in [2.75, 3.05) is 47.4 Å². The lowest BCUT2D eigenvalue weighted by Gasteiger charge is -2.33. The molecule has 1 saturated heterocycles. The van der Waals surface area contributed by atoms with E-state index in [0.29, 0.717) is 5.39 Å². The molecule has 1 aromatic carbocycles. The van der Waals surface area contributed by atoms with Crippen LogP contribution in [0, 0.1) is 0 Å². The summed E-state index contributed by atoms with van der Waals surface area (Å²) in [5, 5.41) is 1.46. The van der Waals surface area contributed by atoms with Crippen LogP contribution >= 0.6 is 0 Å². The molecule has 0 N–H and O–H groups in total. The summed E-state index contributed by atoms with van der Waals surface area (Å²) in [5.41, 5.74) is 2.87. The maximum absolute atomic E-state index is 12.5. The van der Waals surface area contributed by atoms with E-state index < -0.39 is 0 Å². The van der Waals surface area contributed by atoms with Crippen molar-refractivity contribution in [1.29, 1.82) is 0 Å². The summed E-state index contributed by atoms with van der Waals surface area (Å²) in [6, 6.07) is 5.95. The van der Waals surface area contributed by atoms with Crippen LogP contribution in [0.3, 0.4) is 0 Å². The smallest absolute Gasteiger partial charge is 0.259 e. The highest BCUT2D eigenvalue weighted by Crippen LogP contribution is 2.37. The predicted octanol–water partition coefficient (Wildman–Crippen LogP) is 2.37. The molecule has 1 aliphatic rings. The first kappa shape index (κ1) is 20.4. The van der Waals surface area contributed by atoms with Gasteiger partial charge in [0, 0.05) is 63.9 Å². The number of ether oxygens (including phenoxy) is 2. The zero-order chi connectivity index (χ0) is 21.3. The van der Waals surface area contributed by atoms with Gasteiger partial charge in [0.15, 0.2) is 0 Å². The Bertz CT molecular complexity index is 1090. The molecule has 7 heteroatoms. The number of likely N-dealkylation sites (N-methyl/N-ethyl adjacent to an activating group) is 1. The summed E-state index contributed by atoms with van der Waals surface area (Å²) in [6.07, 6.45) is 5.19. The summed E-state index contributed by atoms with van der Waals surface area (Å²) in [6.45, 7) is 4.92. The average Bonchev–Trinajstić information content (AvgIpc) is 2.77. The second kappa shape index (κ2) is 8.45. The Labute approximate surface area is 176 Å². The van der Waals surface area contributed by atoms with Crippen molar-refractivity contribution in [3.63, 3.8) is 0 Å². The summed E-state index contributed by atoms with van der Waals surface area (Å²) in [4.78, 5) is 21.4. The number of benzene rings is 1. The SMILES string of the molecule is COc1cc(-c2cn(C)c(=O)c3cnccc23)cc(OC)c1CN1CCN(C)CC1. The van der Waals surface area contributed by atoms with Gasteiger partial charge in [0.05, 0.1) is 25.2 Å². The molecule has 30 heavy (non-hydrogen) atoms. The molecule has 0 radical (unpaired) electrons. The largest absolute Gasteiger partial charge is 0.496 e. The van der Waals surface area contributed by atoms with E-state index in [-0.39, 0.29) is 5.56 Å². The highest BCUT2D eigenvalue weighted by Gasteiger charge is 2.20. The number of rotatable bonds is 5. The molecule has 0 spiro atoms. The number of hydrogen-bond donors (Lipinski definition) is 0. The van der Waals surface area contributed by atoms with Crippen LogP contribution in [-0.4, -0.2) is 66.8 Å². The van der Waals surface area contributed by atoms with Crippen LogP contribution in [0.4, 0.5) is 0 Å². The zero-order valence-electron chi connectivity index (χ0n) is 18.0. The standard InChI is InChI=1S/C23H28N4O3/c1-25-7-9-27(10-8-25)15-20-21(29-3)11-16(12-22(20)30-4)19-14-26(2)23(28)18-13-24-6-5-17(18)19/h5-6,11-14H,7-10,15H2,1-4H3. The number of hydrogen-bond acceptors (Lipinski definition) is 6. The minimum atomic E-state index is -0.0625. The first-order chi connectivity index (χ1) is 14.5. The first-order valence-corrected chi connectivity index (χ1v) is 10.1. The van der Waals surface area contributed by atoms with Crippen LogP contribution in [0.15, 0.2) is 41.6 Å². The lowest BCUT2D eigenvalue weighted by atomic mass is 9.99. The summed E-state index contributed by atoms with van der Waals surface area (Å²) < 4.78 is 13.2. The van der Waals surface area contributed by atoms with Gasteiger partial charge in [-0.25, -0.2) is 0 Å². The molecule has 0 bridgehead atoms. The van der Waals surface area contributed by atoms with Crippen molar-refractivity contribution >= 4 is 10.8 Å². The number of nitrogens with zero attached hydrogens (tertiary/aromatic N) is 4. The van der Waals surface area contributed by atoms with Crippen molar-refractivity contribution in [2.24, 2.45) is 7.05 Å². The topological polar surface area (TPSA) is 59.8 Å². The number of aromatic nitrogens is 2. The maximum Gasteiger partial charge on any atom is 0.259 e. The van der Waals surface area contributed by atoms with Gasteiger partial charge in [-0.3, -0.25) is 14.7 Å². The fourth-order valence-corrected chi connectivity index (χ4v) is 4.07. The van der Waals surface area contributed by atoms with E-state index in [1.807, 2.05) is 24.4 Å². The molecule has 0 atom stereocenters. The second-order valence-corrected chi connectivity index (χ2v) is 7.82. The molecule has 0 amide bonds.